The van der Waals surface area contributed by atoms with Crippen LogP contribution in [0.5, 0.6) is 5.75 Å². The van der Waals surface area contributed by atoms with E-state index in [0.717, 1.165) is 91.9 Å². The number of carbonyl (C=O) groups is 1. The average Bonchev–Trinajstić information content (AvgIpc) is 3.15. The van der Waals surface area contributed by atoms with Crippen LogP contribution in [0.3, 0.4) is 0 Å². The van der Waals surface area contributed by atoms with Gasteiger partial charge in [-0.15, -0.1) is 0 Å². The predicted octanol–water partition coefficient (Wildman–Crippen LogP) is 6.33. The smallest absolute Gasteiger partial charge is 0.222 e. The zero-order valence-corrected chi connectivity index (χ0v) is 28.1. The lowest BCUT2D eigenvalue weighted by Gasteiger charge is -2.46. The summed E-state index contributed by atoms with van der Waals surface area (Å²) in [6.45, 7) is 6.90. The van der Waals surface area contributed by atoms with Crippen LogP contribution in [0.25, 0.3) is 11.1 Å². The molecule has 0 radical (unpaired) electrons. The van der Waals surface area contributed by atoms with Gasteiger partial charge >= 0.3 is 0 Å². The number of likely N-dealkylation sites (tertiary alicyclic amines) is 1. The summed E-state index contributed by atoms with van der Waals surface area (Å²) in [4.78, 5) is 28.9. The van der Waals surface area contributed by atoms with Crippen LogP contribution >= 0.6 is 0 Å². The molecule has 0 aliphatic carbocycles. The van der Waals surface area contributed by atoms with Crippen LogP contribution in [0.1, 0.15) is 36.4 Å². The summed E-state index contributed by atoms with van der Waals surface area (Å²) >= 11 is 0. The van der Waals surface area contributed by atoms with Crippen molar-refractivity contribution in [1.82, 2.24) is 20.0 Å². The molecule has 4 aromatic rings. The number of hydrogen-bond acceptors (Lipinski definition) is 7. The number of para-hydroxylation sites is 1. The Labute approximate surface area is 284 Å². The minimum absolute atomic E-state index is 0.00607. The van der Waals surface area contributed by atoms with Crippen LogP contribution < -0.4 is 15.0 Å². The third kappa shape index (κ3) is 7.10. The second-order valence-corrected chi connectivity index (χ2v) is 13.2. The first-order valence-corrected chi connectivity index (χ1v) is 17.3. The number of hydrogen-bond donors (Lipinski definition) is 1. The fraction of sp³-hybridized carbons (Fsp3) is 0.350. The van der Waals surface area contributed by atoms with E-state index >= 15 is 0 Å². The van der Waals surface area contributed by atoms with Gasteiger partial charge in [0.05, 0.1) is 25.3 Å². The Hall–Kier alpha value is -4.66. The third-order valence-electron chi connectivity index (χ3n) is 10.1. The average molecular weight is 643 g/mol. The number of nitrogens with one attached hydrogen (secondary N) is 1. The molecule has 0 spiro atoms. The number of amides is 1. The van der Waals surface area contributed by atoms with E-state index in [4.69, 9.17) is 9.73 Å². The second-order valence-electron chi connectivity index (χ2n) is 13.2. The maximum absolute atomic E-state index is 13.7. The quantitative estimate of drug-likeness (QED) is 0.243. The highest BCUT2D eigenvalue weighted by Gasteiger charge is 2.37. The minimum Gasteiger partial charge on any atom is -0.497 e. The number of nitrogens with zero attached hydrogens (tertiary/aromatic N) is 5. The Balaban J connectivity index is 1.17. The number of rotatable bonds is 8. The van der Waals surface area contributed by atoms with Crippen LogP contribution in [-0.4, -0.2) is 86.0 Å². The van der Waals surface area contributed by atoms with Crippen molar-refractivity contribution < 1.29 is 9.53 Å². The van der Waals surface area contributed by atoms with Crippen molar-refractivity contribution in [3.05, 3.63) is 114 Å². The summed E-state index contributed by atoms with van der Waals surface area (Å²) in [5.74, 6) is 1.75. The van der Waals surface area contributed by atoms with E-state index in [9.17, 15) is 4.79 Å². The highest BCUT2D eigenvalue weighted by Crippen LogP contribution is 2.41. The molecule has 0 saturated carbocycles. The van der Waals surface area contributed by atoms with Crippen molar-refractivity contribution in [2.45, 2.75) is 37.9 Å². The van der Waals surface area contributed by atoms with Gasteiger partial charge in [0.1, 0.15) is 5.75 Å². The summed E-state index contributed by atoms with van der Waals surface area (Å²) in [5, 5.41) is 3.19. The topological polar surface area (TPSA) is 63.7 Å². The Morgan fingerprint density at radius 1 is 0.792 bits per heavy atom. The molecule has 248 valence electrons. The number of piperazine rings is 1. The summed E-state index contributed by atoms with van der Waals surface area (Å²) in [6.07, 6.45) is 2.53. The molecule has 0 bridgehead atoms. The summed E-state index contributed by atoms with van der Waals surface area (Å²) in [7, 11) is 3.88. The van der Waals surface area contributed by atoms with Crippen LogP contribution in [-0.2, 0) is 11.3 Å². The molecule has 3 aliphatic rings. The minimum atomic E-state index is -0.206. The fourth-order valence-electron chi connectivity index (χ4n) is 7.29. The van der Waals surface area contributed by atoms with Crippen molar-refractivity contribution in [3.8, 4) is 16.9 Å². The Bertz CT molecular complexity index is 1690. The molecular weight excluding hydrogens is 596 g/mol. The van der Waals surface area contributed by atoms with Gasteiger partial charge in [-0.2, -0.15) is 0 Å². The second kappa shape index (κ2) is 14.6. The van der Waals surface area contributed by atoms with Gasteiger partial charge in [-0.1, -0.05) is 72.8 Å². The monoisotopic (exact) mass is 642 g/mol. The molecule has 1 N–H and O–H groups in total. The van der Waals surface area contributed by atoms with Crippen LogP contribution in [0.2, 0.25) is 0 Å². The lowest BCUT2D eigenvalue weighted by Crippen LogP contribution is -2.55. The maximum Gasteiger partial charge on any atom is 0.222 e. The summed E-state index contributed by atoms with van der Waals surface area (Å²) < 4.78 is 5.30. The molecule has 1 amide bonds. The number of likely N-dealkylation sites (N-methyl/N-ethyl adjacent to an activating group) is 1. The molecule has 1 unspecified atom stereocenters. The van der Waals surface area contributed by atoms with Crippen molar-refractivity contribution in [2.24, 2.45) is 4.99 Å². The van der Waals surface area contributed by atoms with Gasteiger partial charge in [0, 0.05) is 63.1 Å². The van der Waals surface area contributed by atoms with Gasteiger partial charge in [-0.3, -0.25) is 9.69 Å². The zero-order chi connectivity index (χ0) is 32.9. The Kier molecular flexibility index (Phi) is 9.72. The van der Waals surface area contributed by atoms with E-state index in [1.165, 1.54) is 5.56 Å². The van der Waals surface area contributed by atoms with Gasteiger partial charge in [-0.25, -0.2) is 4.99 Å². The van der Waals surface area contributed by atoms with Gasteiger partial charge < -0.3 is 24.8 Å². The Morgan fingerprint density at radius 2 is 1.46 bits per heavy atom. The predicted molar refractivity (Wildman–Crippen MR) is 194 cm³/mol. The number of ether oxygens (including phenoxy) is 1. The number of carbonyl (C=O) groups excluding carboxylic acids is 1. The molecule has 3 aliphatic heterocycles. The molecule has 8 heteroatoms. The van der Waals surface area contributed by atoms with E-state index in [1.807, 2.05) is 36.4 Å². The van der Waals surface area contributed by atoms with Crippen molar-refractivity contribution in [3.63, 3.8) is 0 Å². The van der Waals surface area contributed by atoms with Crippen LogP contribution in [0.15, 0.2) is 108 Å². The molecule has 7 rings (SSSR count). The van der Waals surface area contributed by atoms with E-state index in [0.29, 0.717) is 19.0 Å². The van der Waals surface area contributed by atoms with E-state index in [-0.39, 0.29) is 11.9 Å². The van der Waals surface area contributed by atoms with E-state index in [1.54, 1.807) is 7.11 Å². The van der Waals surface area contributed by atoms with Crippen LogP contribution in [0.4, 0.5) is 11.4 Å². The Morgan fingerprint density at radius 3 is 2.17 bits per heavy atom. The van der Waals surface area contributed by atoms with Gasteiger partial charge in [0.2, 0.25) is 11.9 Å². The highest BCUT2D eigenvalue weighted by atomic mass is 16.5. The van der Waals surface area contributed by atoms with Gasteiger partial charge in [-0.05, 0) is 66.9 Å². The molecular formula is C40H46N6O2. The molecule has 8 nitrogen and oxygen atoms in total. The van der Waals surface area contributed by atoms with Crippen molar-refractivity contribution in [1.29, 1.82) is 0 Å². The summed E-state index contributed by atoms with van der Waals surface area (Å²) in [6, 6.07) is 35.8. The number of methoxy groups -OCH3 is 1. The first kappa shape index (κ1) is 31.9. The van der Waals surface area contributed by atoms with E-state index < -0.39 is 0 Å². The fourth-order valence-corrected chi connectivity index (χ4v) is 7.29. The molecule has 4 aromatic carbocycles. The molecule has 2 saturated heterocycles. The standard InChI is InChI=1S/C40H46N6O2/c1-43-24-26-44(27-25-43)33-20-22-45(23-21-33)40-42-37-11-7-6-10-36(37)38(28-39(47)41-29-30-12-18-35(48-2)19-13-30)46(40)34-16-14-32(15-17-34)31-8-4-3-5-9-31/h3-19,33,38H,20-29H2,1-2H3,(H,41,47). The van der Waals surface area contributed by atoms with Crippen LogP contribution in [0, 0.1) is 0 Å². The van der Waals surface area contributed by atoms with Gasteiger partial charge in [0.25, 0.3) is 0 Å². The normalized spacial score (nSPS) is 19.0. The van der Waals surface area contributed by atoms with Crippen molar-refractivity contribution >= 4 is 23.2 Å². The number of guanidine groups is 1. The largest absolute Gasteiger partial charge is 0.497 e. The van der Waals surface area contributed by atoms with Gasteiger partial charge in [0.15, 0.2) is 0 Å². The first-order chi connectivity index (χ1) is 23.6. The highest BCUT2D eigenvalue weighted by molar-refractivity contribution is 6.01. The lowest BCUT2D eigenvalue weighted by atomic mass is 9.96. The molecule has 48 heavy (non-hydrogen) atoms. The maximum atomic E-state index is 13.7. The molecule has 2 fully saturated rings. The number of benzene rings is 4. The lowest BCUT2D eigenvalue weighted by molar-refractivity contribution is -0.121. The number of fused-ring (bicyclic) bond motifs is 1. The number of aliphatic imine (C=N–C) groups is 1. The zero-order valence-electron chi connectivity index (χ0n) is 28.1. The molecule has 0 aromatic heterocycles. The first-order valence-electron chi connectivity index (χ1n) is 17.3. The van der Waals surface area contributed by atoms with E-state index in [2.05, 4.69) is 98.7 Å². The molecule has 3 heterocycles. The third-order valence-corrected chi connectivity index (χ3v) is 10.1. The number of anilines is 1. The SMILES string of the molecule is COc1ccc(CNC(=O)CC2c3ccccc3N=C(N3CCC(N4CCN(C)CC4)CC3)N2c2ccc(-c3ccccc3)cc2)cc1. The van der Waals surface area contributed by atoms with Crippen molar-refractivity contribution in [2.75, 3.05) is 58.3 Å². The number of piperidine rings is 1. The molecule has 1 atom stereocenters. The summed E-state index contributed by atoms with van der Waals surface area (Å²) in [5.41, 5.74) is 6.43.